The van der Waals surface area contributed by atoms with E-state index in [2.05, 4.69) is 4.98 Å². The quantitative estimate of drug-likeness (QED) is 0.904. The lowest BCUT2D eigenvalue weighted by molar-refractivity contribution is 0.0587. The van der Waals surface area contributed by atoms with Crippen LogP contribution in [0.3, 0.4) is 0 Å². The van der Waals surface area contributed by atoms with E-state index in [1.54, 1.807) is 11.9 Å². The molecule has 1 saturated heterocycles. The number of rotatable bonds is 3. The van der Waals surface area contributed by atoms with E-state index >= 15 is 0 Å². The van der Waals surface area contributed by atoms with Crippen LogP contribution in [0, 0.1) is 0 Å². The number of carbonyl (C=O) groups excluding carboxylic acids is 1. The first-order valence-corrected chi connectivity index (χ1v) is 6.24. The molecule has 18 heavy (non-hydrogen) atoms. The third-order valence-electron chi connectivity index (χ3n) is 2.96. The molecule has 0 aromatic carbocycles. The molecule has 0 radical (unpaired) electrons. The lowest BCUT2D eigenvalue weighted by atomic mass is 10.2. The average Bonchev–Trinajstić information content (AvgIpc) is 2.84. The van der Waals surface area contributed by atoms with Gasteiger partial charge in [0.2, 0.25) is 0 Å². The number of hydrogen-bond acceptors (Lipinski definition) is 4. The molecule has 1 unspecified atom stereocenters. The van der Waals surface area contributed by atoms with Gasteiger partial charge in [0.15, 0.2) is 0 Å². The molecule has 0 aliphatic carbocycles. The van der Waals surface area contributed by atoms with Crippen molar-refractivity contribution < 1.29 is 9.53 Å². The van der Waals surface area contributed by atoms with Gasteiger partial charge in [-0.1, -0.05) is 11.6 Å². The van der Waals surface area contributed by atoms with E-state index in [1.807, 2.05) is 0 Å². The fourth-order valence-electron chi connectivity index (χ4n) is 1.96. The molecule has 0 bridgehead atoms. The first-order chi connectivity index (χ1) is 8.58. The molecule has 1 fully saturated rings. The Kier molecular flexibility index (Phi) is 4.04. The number of carbonyl (C=O) groups is 1. The second-order valence-corrected chi connectivity index (χ2v) is 4.82. The molecule has 5 nitrogen and oxygen atoms in total. The molecule has 0 saturated carbocycles. The summed E-state index contributed by atoms with van der Waals surface area (Å²) in [5, 5.41) is 0.298. The number of hydrogen-bond donors (Lipinski definition) is 1. The Balaban J connectivity index is 2.02. The van der Waals surface area contributed by atoms with E-state index in [0.717, 1.165) is 19.4 Å². The minimum atomic E-state index is -0.125. The summed E-state index contributed by atoms with van der Waals surface area (Å²) in [6, 6.07) is 1.54. The fraction of sp³-hybridized carbons (Fsp3) is 0.500. The van der Waals surface area contributed by atoms with Gasteiger partial charge in [-0.15, -0.1) is 0 Å². The number of aromatic nitrogens is 1. The smallest absolute Gasteiger partial charge is 0.255 e. The highest BCUT2D eigenvalue weighted by molar-refractivity contribution is 6.33. The normalized spacial score (nSPS) is 18.9. The summed E-state index contributed by atoms with van der Waals surface area (Å²) in [6.45, 7) is 1.36. The van der Waals surface area contributed by atoms with Crippen molar-refractivity contribution in [2.24, 2.45) is 0 Å². The lowest BCUT2D eigenvalue weighted by Gasteiger charge is -2.20. The topological polar surface area (TPSA) is 68.5 Å². The van der Waals surface area contributed by atoms with Crippen LogP contribution in [0.15, 0.2) is 12.3 Å². The van der Waals surface area contributed by atoms with Crippen molar-refractivity contribution in [2.75, 3.05) is 25.9 Å². The molecule has 2 rings (SSSR count). The van der Waals surface area contributed by atoms with Crippen molar-refractivity contribution in [3.63, 3.8) is 0 Å². The second-order valence-electron chi connectivity index (χ2n) is 4.41. The van der Waals surface area contributed by atoms with Crippen LogP contribution in [0.1, 0.15) is 23.2 Å². The lowest BCUT2D eigenvalue weighted by Crippen LogP contribution is -2.34. The van der Waals surface area contributed by atoms with E-state index in [-0.39, 0.29) is 17.8 Å². The summed E-state index contributed by atoms with van der Waals surface area (Å²) < 4.78 is 5.50. The standard InChI is InChI=1S/C12H16ClN3O2/c1-16(7-9-3-2-4-18-9)12(17)8-5-10(13)11(14)15-6-8/h5-6,9H,2-4,7H2,1H3,(H2,14,15). The number of anilines is 1. The first kappa shape index (κ1) is 13.1. The maximum Gasteiger partial charge on any atom is 0.255 e. The predicted molar refractivity (Wildman–Crippen MR) is 69.6 cm³/mol. The predicted octanol–water partition coefficient (Wildman–Crippen LogP) is 1.57. The zero-order chi connectivity index (χ0) is 13.1. The Labute approximate surface area is 111 Å². The number of nitrogens with zero attached hydrogens (tertiary/aromatic N) is 2. The molecule has 2 N–H and O–H groups in total. The van der Waals surface area contributed by atoms with E-state index in [1.165, 1.54) is 12.3 Å². The SMILES string of the molecule is CN(CC1CCCO1)C(=O)c1cnc(N)c(Cl)c1. The molecule has 1 atom stereocenters. The van der Waals surface area contributed by atoms with Gasteiger partial charge in [0, 0.05) is 26.4 Å². The van der Waals surface area contributed by atoms with Gasteiger partial charge in [0.25, 0.3) is 5.91 Å². The van der Waals surface area contributed by atoms with Crippen LogP contribution in [0.25, 0.3) is 0 Å². The van der Waals surface area contributed by atoms with Gasteiger partial charge in [-0.3, -0.25) is 4.79 Å². The number of likely N-dealkylation sites (N-methyl/N-ethyl adjacent to an activating group) is 1. The number of pyridine rings is 1. The molecular weight excluding hydrogens is 254 g/mol. The summed E-state index contributed by atoms with van der Waals surface area (Å²) in [5.74, 6) is 0.106. The van der Waals surface area contributed by atoms with Crippen molar-refractivity contribution in [3.8, 4) is 0 Å². The number of ether oxygens (including phenoxy) is 1. The highest BCUT2D eigenvalue weighted by Crippen LogP contribution is 2.18. The molecule has 1 aromatic rings. The van der Waals surface area contributed by atoms with Gasteiger partial charge in [-0.2, -0.15) is 0 Å². The highest BCUT2D eigenvalue weighted by Gasteiger charge is 2.21. The minimum Gasteiger partial charge on any atom is -0.382 e. The maximum absolute atomic E-state index is 12.1. The molecule has 1 aliphatic heterocycles. The number of halogens is 1. The van der Waals surface area contributed by atoms with Gasteiger partial charge >= 0.3 is 0 Å². The third-order valence-corrected chi connectivity index (χ3v) is 3.27. The van der Waals surface area contributed by atoms with Crippen molar-refractivity contribution in [3.05, 3.63) is 22.8 Å². The van der Waals surface area contributed by atoms with Crippen LogP contribution < -0.4 is 5.73 Å². The van der Waals surface area contributed by atoms with E-state index in [0.29, 0.717) is 17.1 Å². The molecule has 1 amide bonds. The molecule has 98 valence electrons. The van der Waals surface area contributed by atoms with Gasteiger partial charge in [0.05, 0.1) is 16.7 Å². The number of amides is 1. The van der Waals surface area contributed by atoms with Crippen molar-refractivity contribution >= 4 is 23.3 Å². The Bertz CT molecular complexity index is 447. The summed E-state index contributed by atoms with van der Waals surface area (Å²) in [6.07, 6.45) is 3.63. The molecule has 2 heterocycles. The second kappa shape index (κ2) is 5.54. The number of nitrogens with two attached hydrogens (primary N) is 1. The summed E-state index contributed by atoms with van der Waals surface area (Å²) in [7, 11) is 1.74. The van der Waals surface area contributed by atoms with Crippen LogP contribution in [0.4, 0.5) is 5.82 Å². The highest BCUT2D eigenvalue weighted by atomic mass is 35.5. The molecule has 1 aliphatic rings. The average molecular weight is 270 g/mol. The first-order valence-electron chi connectivity index (χ1n) is 5.86. The van der Waals surface area contributed by atoms with Crippen LogP contribution in [-0.2, 0) is 4.74 Å². The van der Waals surface area contributed by atoms with E-state index in [4.69, 9.17) is 22.1 Å². The van der Waals surface area contributed by atoms with Crippen LogP contribution >= 0.6 is 11.6 Å². The fourth-order valence-corrected chi connectivity index (χ4v) is 2.13. The largest absolute Gasteiger partial charge is 0.382 e. The summed E-state index contributed by atoms with van der Waals surface area (Å²) in [4.78, 5) is 17.6. The van der Waals surface area contributed by atoms with Crippen LogP contribution in [-0.4, -0.2) is 42.1 Å². The molecule has 0 spiro atoms. The molecule has 6 heteroatoms. The van der Waals surface area contributed by atoms with Crippen LogP contribution in [0.5, 0.6) is 0 Å². The van der Waals surface area contributed by atoms with Crippen LogP contribution in [0.2, 0.25) is 5.02 Å². The summed E-state index contributed by atoms with van der Waals surface area (Å²) >= 11 is 5.85. The Morgan fingerprint density at radius 3 is 3.11 bits per heavy atom. The summed E-state index contributed by atoms with van der Waals surface area (Å²) in [5.41, 5.74) is 5.95. The third kappa shape index (κ3) is 2.91. The Morgan fingerprint density at radius 2 is 2.50 bits per heavy atom. The Morgan fingerprint density at radius 1 is 1.72 bits per heavy atom. The molecular formula is C12H16ClN3O2. The zero-order valence-electron chi connectivity index (χ0n) is 10.2. The Hall–Kier alpha value is -1.33. The van der Waals surface area contributed by atoms with Crippen molar-refractivity contribution in [2.45, 2.75) is 18.9 Å². The van der Waals surface area contributed by atoms with Crippen molar-refractivity contribution in [1.82, 2.24) is 9.88 Å². The molecule has 1 aromatic heterocycles. The monoisotopic (exact) mass is 269 g/mol. The van der Waals surface area contributed by atoms with Gasteiger partial charge in [0.1, 0.15) is 5.82 Å². The van der Waals surface area contributed by atoms with E-state index in [9.17, 15) is 4.79 Å². The van der Waals surface area contributed by atoms with Gasteiger partial charge in [-0.25, -0.2) is 4.98 Å². The zero-order valence-corrected chi connectivity index (χ0v) is 11.0. The minimum absolute atomic E-state index is 0.125. The van der Waals surface area contributed by atoms with E-state index < -0.39 is 0 Å². The van der Waals surface area contributed by atoms with Gasteiger partial charge < -0.3 is 15.4 Å². The van der Waals surface area contributed by atoms with Gasteiger partial charge in [-0.05, 0) is 18.9 Å². The number of nitrogen functional groups attached to an aromatic ring is 1. The maximum atomic E-state index is 12.1. The van der Waals surface area contributed by atoms with Crippen molar-refractivity contribution in [1.29, 1.82) is 0 Å².